The lowest BCUT2D eigenvalue weighted by Crippen LogP contribution is -2.11. The lowest BCUT2D eigenvalue weighted by Gasteiger charge is -2.02. The summed E-state index contributed by atoms with van der Waals surface area (Å²) in [5, 5.41) is 7.96. The minimum Gasteiger partial charge on any atom is -0.351 e. The zero-order valence-electron chi connectivity index (χ0n) is 6.76. The highest BCUT2D eigenvalue weighted by Crippen LogP contribution is 2.05. The lowest BCUT2D eigenvalue weighted by molar-refractivity contribution is -0.141. The fourth-order valence-corrected chi connectivity index (χ4v) is 0.696. The number of hydrogen-bond acceptors (Lipinski definition) is 3. The van der Waals surface area contributed by atoms with Crippen LogP contribution in [0.3, 0.4) is 0 Å². The largest absolute Gasteiger partial charge is 0.351 e. The Morgan fingerprint density at radius 2 is 2.27 bits per heavy atom. The van der Waals surface area contributed by atoms with Gasteiger partial charge in [-0.1, -0.05) is 20.3 Å². The highest BCUT2D eigenvalue weighted by molar-refractivity contribution is 7.59. The molecule has 0 radical (unpaired) electrons. The monoisotopic (exact) mass is 175 g/mol. The van der Waals surface area contributed by atoms with Crippen LogP contribution in [-0.2, 0) is 9.53 Å². The maximum atomic E-state index is 10.7. The van der Waals surface area contributed by atoms with Crippen LogP contribution in [-0.4, -0.2) is 5.97 Å². The predicted molar refractivity (Wildman–Crippen MR) is 46.2 cm³/mol. The molecule has 0 aromatic heterocycles. The summed E-state index contributed by atoms with van der Waals surface area (Å²) in [5.41, 5.74) is 0. The van der Waals surface area contributed by atoms with Crippen molar-refractivity contribution in [3.8, 4) is 6.26 Å². The number of carbonyl (C=O) groups excluding carboxylic acids is 1. The van der Waals surface area contributed by atoms with E-state index in [-0.39, 0.29) is 19.4 Å². The molecule has 0 amide bonds. The third-order valence-electron chi connectivity index (χ3n) is 1.27. The van der Waals surface area contributed by atoms with Gasteiger partial charge in [-0.3, -0.25) is 4.79 Å². The summed E-state index contributed by atoms with van der Waals surface area (Å²) in [7, 11) is 0. The number of nitriles is 1. The predicted octanol–water partition coefficient (Wildman–Crippen LogP) is 1.56. The molecule has 0 aliphatic rings. The van der Waals surface area contributed by atoms with Crippen molar-refractivity contribution >= 4 is 19.5 Å². The van der Waals surface area contributed by atoms with E-state index in [4.69, 9.17) is 5.26 Å². The number of rotatable bonds is 3. The van der Waals surface area contributed by atoms with Gasteiger partial charge in [0.15, 0.2) is 0 Å². The minimum atomic E-state index is -0.427. The van der Waals surface area contributed by atoms with Crippen LogP contribution < -0.4 is 0 Å². The van der Waals surface area contributed by atoms with Crippen molar-refractivity contribution < 1.29 is 9.53 Å². The van der Waals surface area contributed by atoms with Gasteiger partial charge in [0.05, 0.1) is 5.92 Å². The topological polar surface area (TPSA) is 50.1 Å². The molecule has 0 aromatic carbocycles. The van der Waals surface area contributed by atoms with E-state index in [1.165, 1.54) is 6.26 Å². The summed E-state index contributed by atoms with van der Waals surface area (Å²) in [4.78, 5) is 10.7. The van der Waals surface area contributed by atoms with E-state index < -0.39 is 5.97 Å². The highest BCUT2D eigenvalue weighted by Gasteiger charge is 2.12. The molecule has 0 spiro atoms. The van der Waals surface area contributed by atoms with E-state index >= 15 is 0 Å². The molecule has 0 saturated heterocycles. The van der Waals surface area contributed by atoms with E-state index in [2.05, 4.69) is 4.74 Å². The van der Waals surface area contributed by atoms with Crippen molar-refractivity contribution in [2.75, 3.05) is 0 Å². The average molecular weight is 175 g/mol. The normalized spacial score (nSPS) is 10.6. The van der Waals surface area contributed by atoms with Gasteiger partial charge in [-0.25, -0.2) is 0 Å². The number of ether oxygens (including phenoxy) is 1. The van der Waals surface area contributed by atoms with Gasteiger partial charge in [0.1, 0.15) is 0 Å². The molecule has 0 aliphatic carbocycles. The fourth-order valence-electron chi connectivity index (χ4n) is 0.696. The van der Waals surface area contributed by atoms with Crippen LogP contribution in [0.1, 0.15) is 26.7 Å². The van der Waals surface area contributed by atoms with Crippen LogP contribution in [0.15, 0.2) is 0 Å². The molecule has 0 bridgehead atoms. The quantitative estimate of drug-likeness (QED) is 0.483. The Morgan fingerprint density at radius 1 is 1.73 bits per heavy atom. The van der Waals surface area contributed by atoms with E-state index in [9.17, 15) is 4.79 Å². The van der Waals surface area contributed by atoms with Crippen LogP contribution in [0, 0.1) is 17.4 Å². The first-order valence-electron chi connectivity index (χ1n) is 3.32. The van der Waals surface area contributed by atoms with Crippen molar-refractivity contribution in [3.63, 3.8) is 0 Å². The third kappa shape index (κ3) is 5.74. The molecule has 0 heterocycles. The summed E-state index contributed by atoms with van der Waals surface area (Å²) in [6, 6.07) is 0. The maximum Gasteiger partial charge on any atom is 0.324 e. The van der Waals surface area contributed by atoms with Gasteiger partial charge in [0.2, 0.25) is 0 Å². The van der Waals surface area contributed by atoms with Gasteiger partial charge in [-0.2, -0.15) is 13.5 Å². The molecule has 1 atom stereocenters. The Bertz CT molecular complexity index is 153. The summed E-state index contributed by atoms with van der Waals surface area (Å²) < 4.78 is 4.12. The van der Waals surface area contributed by atoms with Crippen molar-refractivity contribution in [1.29, 1.82) is 5.26 Å². The molecule has 0 rings (SSSR count). The number of carbonyl (C=O) groups is 1. The smallest absolute Gasteiger partial charge is 0.324 e. The van der Waals surface area contributed by atoms with Crippen LogP contribution in [0.25, 0.3) is 0 Å². The number of nitrogens with zero attached hydrogens (tertiary/aromatic N) is 1. The first kappa shape index (κ1) is 12.9. The van der Waals surface area contributed by atoms with E-state index in [1.807, 2.05) is 6.92 Å². The van der Waals surface area contributed by atoms with Crippen molar-refractivity contribution in [2.24, 2.45) is 5.92 Å². The van der Waals surface area contributed by atoms with Gasteiger partial charge < -0.3 is 4.74 Å². The minimum absolute atomic E-state index is 0. The average Bonchev–Trinajstić information content (AvgIpc) is 1.89. The molecule has 11 heavy (non-hydrogen) atoms. The number of hydrogen-bond donors (Lipinski definition) is 0. The molecule has 0 aromatic rings. The lowest BCUT2D eigenvalue weighted by atomic mass is 10.1. The molecule has 0 N–H and O–H groups in total. The van der Waals surface area contributed by atoms with Crippen LogP contribution in [0.5, 0.6) is 0 Å². The first-order valence-corrected chi connectivity index (χ1v) is 3.32. The molecule has 1 unspecified atom stereocenters. The van der Waals surface area contributed by atoms with Crippen LogP contribution in [0.2, 0.25) is 0 Å². The second kappa shape index (κ2) is 7.42. The molecule has 4 heteroatoms. The van der Waals surface area contributed by atoms with E-state index in [0.717, 1.165) is 12.8 Å². The third-order valence-corrected chi connectivity index (χ3v) is 1.27. The molecular formula is C7H13NO2S. The Kier molecular flexibility index (Phi) is 8.73. The fraction of sp³-hybridized carbons (Fsp3) is 0.714. The Labute approximate surface area is 73.8 Å². The molecule has 3 nitrogen and oxygen atoms in total. The number of esters is 1. The van der Waals surface area contributed by atoms with Gasteiger partial charge in [0, 0.05) is 0 Å². The maximum absolute atomic E-state index is 10.7. The van der Waals surface area contributed by atoms with Gasteiger partial charge >= 0.3 is 5.97 Å². The Hall–Kier alpha value is -0.690. The van der Waals surface area contributed by atoms with E-state index in [0.29, 0.717) is 0 Å². The zero-order chi connectivity index (χ0) is 7.98. The van der Waals surface area contributed by atoms with Crippen LogP contribution >= 0.6 is 13.5 Å². The van der Waals surface area contributed by atoms with Crippen LogP contribution in [0.4, 0.5) is 0 Å². The van der Waals surface area contributed by atoms with Gasteiger partial charge in [-0.05, 0) is 6.42 Å². The second-order valence-corrected chi connectivity index (χ2v) is 2.20. The molecule has 0 fully saturated rings. The molecular weight excluding hydrogens is 162 g/mol. The highest BCUT2D eigenvalue weighted by atomic mass is 32.1. The van der Waals surface area contributed by atoms with Crippen molar-refractivity contribution in [1.82, 2.24) is 0 Å². The molecule has 0 saturated carbocycles. The summed E-state index contributed by atoms with van der Waals surface area (Å²) in [6.07, 6.45) is 3.07. The summed E-state index contributed by atoms with van der Waals surface area (Å²) >= 11 is 0. The van der Waals surface area contributed by atoms with Gasteiger partial charge in [0.25, 0.3) is 6.26 Å². The first-order chi connectivity index (χ1) is 4.72. The van der Waals surface area contributed by atoms with Crippen molar-refractivity contribution in [2.45, 2.75) is 26.7 Å². The Morgan fingerprint density at radius 3 is 2.64 bits per heavy atom. The standard InChI is InChI=1S/C7H11NO2.H2S/c1-3-4-6(2)7(9)10-5-8;/h6H,3-4H2,1-2H3;1H2. The van der Waals surface area contributed by atoms with Crippen molar-refractivity contribution in [3.05, 3.63) is 0 Å². The van der Waals surface area contributed by atoms with E-state index in [1.54, 1.807) is 6.92 Å². The summed E-state index contributed by atoms with van der Waals surface area (Å²) in [5.74, 6) is -0.575. The summed E-state index contributed by atoms with van der Waals surface area (Å²) in [6.45, 7) is 3.74. The second-order valence-electron chi connectivity index (χ2n) is 2.20. The SMILES string of the molecule is CCCC(C)C(=O)OC#N.S. The zero-order valence-corrected chi connectivity index (χ0v) is 7.76. The van der Waals surface area contributed by atoms with Gasteiger partial charge in [-0.15, -0.1) is 5.26 Å². The Balaban J connectivity index is 0. The molecule has 0 aliphatic heterocycles. The molecule has 64 valence electrons.